The van der Waals surface area contributed by atoms with Gasteiger partial charge >= 0.3 is 0 Å². The van der Waals surface area contributed by atoms with Gasteiger partial charge in [0.1, 0.15) is 0 Å². The van der Waals surface area contributed by atoms with Gasteiger partial charge in [-0.05, 0) is 31.5 Å². The highest BCUT2D eigenvalue weighted by atomic mass is 32.2. The van der Waals surface area contributed by atoms with Crippen molar-refractivity contribution in [2.45, 2.75) is 37.1 Å². The molecule has 2 unspecified atom stereocenters. The molecule has 0 aliphatic heterocycles. The fourth-order valence-corrected chi connectivity index (χ4v) is 4.32. The molecule has 1 aliphatic carbocycles. The summed E-state index contributed by atoms with van der Waals surface area (Å²) in [7, 11) is -0.945. The lowest BCUT2D eigenvalue weighted by atomic mass is 10.2. The van der Waals surface area contributed by atoms with E-state index in [1.807, 2.05) is 25.4 Å². The predicted molar refractivity (Wildman–Crippen MR) is 72.0 cm³/mol. The quantitative estimate of drug-likeness (QED) is 0.830. The number of hydrogen-bond acceptors (Lipinski definition) is 4. The molecule has 2 atom stereocenters. The van der Waals surface area contributed by atoms with E-state index < -0.39 is 9.84 Å². The standard InChI is InChI=1S/C13H20N2O2S/c1-15(10-11-5-4-8-14-9-11)12-6-3-7-13(12)18(2,16)17/h4-5,8-9,12-13H,3,6-7,10H2,1-2H3. The van der Waals surface area contributed by atoms with E-state index in [2.05, 4.69) is 9.88 Å². The second kappa shape index (κ2) is 5.36. The van der Waals surface area contributed by atoms with Gasteiger partial charge in [0.05, 0.1) is 5.25 Å². The molecule has 2 rings (SSSR count). The third-order valence-corrected chi connectivity index (χ3v) is 5.34. The molecule has 5 heteroatoms. The Kier molecular flexibility index (Phi) is 4.02. The molecule has 0 spiro atoms. The molecule has 0 aromatic carbocycles. The van der Waals surface area contributed by atoms with Gasteiger partial charge in [0.25, 0.3) is 0 Å². The van der Waals surface area contributed by atoms with Gasteiger partial charge in [-0.1, -0.05) is 12.5 Å². The lowest BCUT2D eigenvalue weighted by Crippen LogP contribution is -2.40. The number of pyridine rings is 1. The van der Waals surface area contributed by atoms with Crippen molar-refractivity contribution in [1.29, 1.82) is 0 Å². The summed E-state index contributed by atoms with van der Waals surface area (Å²) >= 11 is 0. The van der Waals surface area contributed by atoms with Crippen LogP contribution >= 0.6 is 0 Å². The van der Waals surface area contributed by atoms with Crippen LogP contribution < -0.4 is 0 Å². The minimum atomic E-state index is -2.95. The van der Waals surface area contributed by atoms with Crippen LogP contribution in [0, 0.1) is 0 Å². The van der Waals surface area contributed by atoms with E-state index in [0.717, 1.165) is 31.4 Å². The van der Waals surface area contributed by atoms with E-state index >= 15 is 0 Å². The molecule has 1 aromatic rings. The van der Waals surface area contributed by atoms with Crippen LogP contribution in [-0.4, -0.2) is 42.9 Å². The lowest BCUT2D eigenvalue weighted by Gasteiger charge is -2.28. The van der Waals surface area contributed by atoms with Crippen molar-refractivity contribution >= 4 is 9.84 Å². The van der Waals surface area contributed by atoms with Gasteiger partial charge in [-0.2, -0.15) is 0 Å². The first-order valence-corrected chi connectivity index (χ1v) is 8.22. The Morgan fingerprint density at radius 1 is 1.44 bits per heavy atom. The summed E-state index contributed by atoms with van der Waals surface area (Å²) in [6.07, 6.45) is 7.70. The van der Waals surface area contributed by atoms with Crippen molar-refractivity contribution in [2.24, 2.45) is 0 Å². The topological polar surface area (TPSA) is 50.3 Å². The van der Waals surface area contributed by atoms with E-state index in [1.54, 1.807) is 6.20 Å². The van der Waals surface area contributed by atoms with Gasteiger partial charge in [-0.15, -0.1) is 0 Å². The van der Waals surface area contributed by atoms with Crippen LogP contribution in [0.25, 0.3) is 0 Å². The smallest absolute Gasteiger partial charge is 0.151 e. The van der Waals surface area contributed by atoms with Crippen molar-refractivity contribution in [3.63, 3.8) is 0 Å². The van der Waals surface area contributed by atoms with E-state index in [-0.39, 0.29) is 11.3 Å². The van der Waals surface area contributed by atoms with Crippen LogP contribution in [0.15, 0.2) is 24.5 Å². The Hall–Kier alpha value is -0.940. The molecule has 1 fully saturated rings. The molecule has 0 amide bonds. The second-order valence-electron chi connectivity index (χ2n) is 5.14. The molecule has 1 aliphatic rings. The predicted octanol–water partition coefficient (Wildman–Crippen LogP) is 1.48. The molecule has 1 aromatic heterocycles. The summed E-state index contributed by atoms with van der Waals surface area (Å²) in [5, 5.41) is -0.209. The van der Waals surface area contributed by atoms with E-state index in [0.29, 0.717) is 0 Å². The van der Waals surface area contributed by atoms with Crippen molar-refractivity contribution in [2.75, 3.05) is 13.3 Å². The number of rotatable bonds is 4. The van der Waals surface area contributed by atoms with Crippen LogP contribution in [0.3, 0.4) is 0 Å². The van der Waals surface area contributed by atoms with Crippen molar-refractivity contribution in [1.82, 2.24) is 9.88 Å². The number of aromatic nitrogens is 1. The minimum absolute atomic E-state index is 0.139. The maximum absolute atomic E-state index is 11.8. The Morgan fingerprint density at radius 2 is 2.22 bits per heavy atom. The fraction of sp³-hybridized carbons (Fsp3) is 0.615. The zero-order chi connectivity index (χ0) is 13.2. The average Bonchev–Trinajstić information content (AvgIpc) is 2.79. The zero-order valence-electron chi connectivity index (χ0n) is 10.9. The highest BCUT2D eigenvalue weighted by Gasteiger charge is 2.36. The highest BCUT2D eigenvalue weighted by molar-refractivity contribution is 7.91. The third-order valence-electron chi connectivity index (χ3n) is 3.69. The summed E-state index contributed by atoms with van der Waals surface area (Å²) in [6, 6.07) is 4.07. The molecule has 1 heterocycles. The summed E-state index contributed by atoms with van der Waals surface area (Å²) in [6.45, 7) is 0.754. The first-order valence-electron chi connectivity index (χ1n) is 6.26. The zero-order valence-corrected chi connectivity index (χ0v) is 11.7. The Balaban J connectivity index is 2.07. The van der Waals surface area contributed by atoms with Gasteiger partial charge < -0.3 is 0 Å². The molecular formula is C13H20N2O2S. The summed E-state index contributed by atoms with van der Waals surface area (Å²) < 4.78 is 23.5. The van der Waals surface area contributed by atoms with Crippen molar-refractivity contribution in [3.8, 4) is 0 Å². The molecule has 1 saturated carbocycles. The third kappa shape index (κ3) is 3.09. The van der Waals surface area contributed by atoms with Crippen LogP contribution in [-0.2, 0) is 16.4 Å². The monoisotopic (exact) mass is 268 g/mol. The number of sulfone groups is 1. The van der Waals surface area contributed by atoms with Crippen LogP contribution in [0.2, 0.25) is 0 Å². The number of nitrogens with zero attached hydrogens (tertiary/aromatic N) is 2. The van der Waals surface area contributed by atoms with Crippen molar-refractivity contribution < 1.29 is 8.42 Å². The molecule has 0 saturated heterocycles. The Labute approximate surface area is 109 Å². The Morgan fingerprint density at radius 3 is 2.83 bits per heavy atom. The van der Waals surface area contributed by atoms with Gasteiger partial charge in [-0.3, -0.25) is 9.88 Å². The van der Waals surface area contributed by atoms with Crippen molar-refractivity contribution in [3.05, 3.63) is 30.1 Å². The van der Waals surface area contributed by atoms with E-state index in [1.165, 1.54) is 6.26 Å². The van der Waals surface area contributed by atoms with Crippen LogP contribution in [0.1, 0.15) is 24.8 Å². The summed E-state index contributed by atoms with van der Waals surface area (Å²) in [5.74, 6) is 0. The molecule has 0 N–H and O–H groups in total. The summed E-state index contributed by atoms with van der Waals surface area (Å²) in [5.41, 5.74) is 1.12. The molecule has 100 valence electrons. The largest absolute Gasteiger partial charge is 0.298 e. The van der Waals surface area contributed by atoms with Crippen LogP contribution in [0.4, 0.5) is 0 Å². The van der Waals surface area contributed by atoms with Gasteiger partial charge in [0, 0.05) is 31.2 Å². The molecule has 18 heavy (non-hydrogen) atoms. The second-order valence-corrected chi connectivity index (χ2v) is 7.41. The maximum Gasteiger partial charge on any atom is 0.151 e. The van der Waals surface area contributed by atoms with Gasteiger partial charge in [0.15, 0.2) is 9.84 Å². The summed E-state index contributed by atoms with van der Waals surface area (Å²) in [4.78, 5) is 6.24. The molecular weight excluding hydrogens is 248 g/mol. The first-order chi connectivity index (χ1) is 8.48. The number of hydrogen-bond donors (Lipinski definition) is 0. The molecule has 0 bridgehead atoms. The van der Waals surface area contributed by atoms with Gasteiger partial charge in [0.2, 0.25) is 0 Å². The van der Waals surface area contributed by atoms with E-state index in [4.69, 9.17) is 0 Å². The highest BCUT2D eigenvalue weighted by Crippen LogP contribution is 2.29. The Bertz CT molecular complexity index is 487. The SMILES string of the molecule is CN(Cc1cccnc1)C1CCCC1S(C)(=O)=O. The molecule has 4 nitrogen and oxygen atoms in total. The first kappa shape index (κ1) is 13.5. The van der Waals surface area contributed by atoms with Crippen LogP contribution in [0.5, 0.6) is 0 Å². The van der Waals surface area contributed by atoms with Gasteiger partial charge in [-0.25, -0.2) is 8.42 Å². The van der Waals surface area contributed by atoms with E-state index in [9.17, 15) is 8.42 Å². The fourth-order valence-electron chi connectivity index (χ4n) is 2.81. The average molecular weight is 268 g/mol. The normalized spacial score (nSPS) is 24.6. The lowest BCUT2D eigenvalue weighted by molar-refractivity contribution is 0.238. The minimum Gasteiger partial charge on any atom is -0.298 e. The molecule has 0 radical (unpaired) electrons. The maximum atomic E-state index is 11.8.